The molecule has 1 unspecified atom stereocenters. The van der Waals surface area contributed by atoms with Crippen LogP contribution >= 0.6 is 0 Å². The van der Waals surface area contributed by atoms with Gasteiger partial charge in [0.05, 0.1) is 12.6 Å². The zero-order chi connectivity index (χ0) is 17.2. The molecular weight excluding hydrogens is 308 g/mol. The number of aromatic nitrogens is 4. The third-order valence-corrected chi connectivity index (χ3v) is 4.56. The predicted molar refractivity (Wildman–Crippen MR) is 85.1 cm³/mol. The summed E-state index contributed by atoms with van der Waals surface area (Å²) in [6.07, 6.45) is 6.88. The second-order valence-corrected chi connectivity index (χ2v) is 6.43. The average molecular weight is 328 g/mol. The molecule has 1 aromatic rings. The molecule has 1 atom stereocenters. The summed E-state index contributed by atoms with van der Waals surface area (Å²) in [5.74, 6) is 0.456. The van der Waals surface area contributed by atoms with E-state index in [0.29, 0.717) is 18.3 Å². The van der Waals surface area contributed by atoms with Crippen LogP contribution in [0.25, 0.3) is 0 Å². The molecule has 3 N–H and O–H groups in total. The molecule has 1 saturated carbocycles. The highest BCUT2D eigenvalue weighted by atomic mass is 16.1. The Labute approximate surface area is 139 Å². The number of hydrogen-bond donors (Lipinski definition) is 2. The Morgan fingerprint density at radius 2 is 2.25 bits per heavy atom. The van der Waals surface area contributed by atoms with E-state index in [2.05, 4.69) is 31.8 Å². The molecule has 2 heterocycles. The van der Waals surface area contributed by atoms with Gasteiger partial charge in [0.25, 0.3) is 5.91 Å². The smallest absolute Gasteiger partial charge is 0.264 e. The van der Waals surface area contributed by atoms with Crippen molar-refractivity contribution in [2.45, 2.75) is 44.8 Å². The van der Waals surface area contributed by atoms with Gasteiger partial charge in [-0.1, -0.05) is 0 Å². The molecule has 0 aromatic carbocycles. The van der Waals surface area contributed by atoms with E-state index in [4.69, 9.17) is 11.0 Å². The lowest BCUT2D eigenvalue weighted by Gasteiger charge is -2.27. The highest BCUT2D eigenvalue weighted by molar-refractivity contribution is 5.96. The van der Waals surface area contributed by atoms with E-state index < -0.39 is 11.6 Å². The van der Waals surface area contributed by atoms with Gasteiger partial charge in [-0.05, 0) is 49.8 Å². The van der Waals surface area contributed by atoms with Crippen LogP contribution in [-0.4, -0.2) is 32.3 Å². The van der Waals surface area contributed by atoms with Crippen molar-refractivity contribution >= 4 is 12.1 Å². The summed E-state index contributed by atoms with van der Waals surface area (Å²) in [7, 11) is 0. The van der Waals surface area contributed by atoms with Gasteiger partial charge in [0, 0.05) is 12.1 Å². The maximum atomic E-state index is 11.3. The fourth-order valence-corrected chi connectivity index (χ4v) is 3.07. The Kier molecular flexibility index (Phi) is 4.29. The first-order valence-corrected chi connectivity index (χ1v) is 8.01. The van der Waals surface area contributed by atoms with Crippen molar-refractivity contribution < 1.29 is 4.79 Å². The van der Waals surface area contributed by atoms with E-state index in [1.165, 1.54) is 12.3 Å². The maximum Gasteiger partial charge on any atom is 0.264 e. The van der Waals surface area contributed by atoms with E-state index in [1.807, 2.05) is 0 Å². The molecule has 24 heavy (non-hydrogen) atoms. The van der Waals surface area contributed by atoms with Crippen LogP contribution in [0.1, 0.15) is 38.4 Å². The highest BCUT2D eigenvalue weighted by Crippen LogP contribution is 2.29. The summed E-state index contributed by atoms with van der Waals surface area (Å²) >= 11 is 0. The number of tetrazole rings is 1. The SMILES string of the molecule is CC1(c2nnn(CC3CCC(C#N)CC3)n2)N=CC=C(C(N)=O)N1. The number of nitrogens with one attached hydrogen (secondary N) is 1. The number of aliphatic imine (C=N–C) groups is 1. The lowest BCUT2D eigenvalue weighted by atomic mass is 9.83. The van der Waals surface area contributed by atoms with Crippen molar-refractivity contribution in [3.63, 3.8) is 0 Å². The molecule has 0 radical (unpaired) electrons. The van der Waals surface area contributed by atoms with Crippen LogP contribution in [0.4, 0.5) is 0 Å². The molecule has 9 nitrogen and oxygen atoms in total. The molecule has 1 fully saturated rings. The highest BCUT2D eigenvalue weighted by Gasteiger charge is 2.34. The minimum atomic E-state index is -0.962. The molecule has 1 aliphatic carbocycles. The number of hydrogen-bond acceptors (Lipinski definition) is 7. The van der Waals surface area contributed by atoms with Crippen molar-refractivity contribution in [2.24, 2.45) is 22.6 Å². The molecule has 0 bridgehead atoms. The van der Waals surface area contributed by atoms with Crippen LogP contribution in [0.15, 0.2) is 16.8 Å². The van der Waals surface area contributed by atoms with Crippen LogP contribution < -0.4 is 11.1 Å². The van der Waals surface area contributed by atoms with Crippen molar-refractivity contribution in [1.29, 1.82) is 5.26 Å². The number of nitrogens with two attached hydrogens (primary N) is 1. The normalized spacial score (nSPS) is 29.4. The molecular formula is C15H20N8O. The summed E-state index contributed by atoms with van der Waals surface area (Å²) in [5, 5.41) is 24.5. The number of amides is 1. The second kappa shape index (κ2) is 6.39. The van der Waals surface area contributed by atoms with Crippen molar-refractivity contribution in [3.8, 4) is 6.07 Å². The number of allylic oxidation sites excluding steroid dienone is 1. The van der Waals surface area contributed by atoms with Gasteiger partial charge in [0.1, 0.15) is 5.70 Å². The van der Waals surface area contributed by atoms with E-state index in [-0.39, 0.29) is 11.6 Å². The predicted octanol–water partition coefficient (Wildman–Crippen LogP) is 0.219. The van der Waals surface area contributed by atoms with Gasteiger partial charge in [0.15, 0.2) is 5.66 Å². The quantitative estimate of drug-likeness (QED) is 0.811. The van der Waals surface area contributed by atoms with Crippen LogP contribution in [0, 0.1) is 23.2 Å². The van der Waals surface area contributed by atoms with Gasteiger partial charge >= 0.3 is 0 Å². The first kappa shape index (κ1) is 16.1. The summed E-state index contributed by atoms with van der Waals surface area (Å²) in [6.45, 7) is 2.43. The van der Waals surface area contributed by atoms with Crippen molar-refractivity contribution in [2.75, 3.05) is 0 Å². The zero-order valence-corrected chi connectivity index (χ0v) is 13.5. The largest absolute Gasteiger partial charge is 0.364 e. The molecule has 0 saturated heterocycles. The van der Waals surface area contributed by atoms with E-state index in [1.54, 1.807) is 11.7 Å². The summed E-state index contributed by atoms with van der Waals surface area (Å²) < 4.78 is 0. The van der Waals surface area contributed by atoms with E-state index in [9.17, 15) is 4.79 Å². The maximum absolute atomic E-state index is 11.3. The van der Waals surface area contributed by atoms with Gasteiger partial charge in [-0.15, -0.1) is 10.2 Å². The fourth-order valence-electron chi connectivity index (χ4n) is 3.07. The first-order chi connectivity index (χ1) is 11.5. The molecule has 1 aliphatic heterocycles. The Bertz CT molecular complexity index is 722. The van der Waals surface area contributed by atoms with Crippen LogP contribution in [0.3, 0.4) is 0 Å². The molecule has 9 heteroatoms. The number of nitrogens with zero attached hydrogens (tertiary/aromatic N) is 6. The summed E-state index contributed by atoms with van der Waals surface area (Å²) in [5.41, 5.74) is 4.60. The van der Waals surface area contributed by atoms with Crippen LogP contribution in [-0.2, 0) is 17.0 Å². The van der Waals surface area contributed by atoms with E-state index >= 15 is 0 Å². The van der Waals surface area contributed by atoms with Crippen molar-refractivity contribution in [1.82, 2.24) is 25.5 Å². The molecule has 0 spiro atoms. The van der Waals surface area contributed by atoms with E-state index in [0.717, 1.165) is 25.7 Å². The molecule has 3 rings (SSSR count). The Balaban J connectivity index is 1.66. The molecule has 2 aliphatic rings. The van der Waals surface area contributed by atoms with Gasteiger partial charge < -0.3 is 11.1 Å². The van der Waals surface area contributed by atoms with Crippen molar-refractivity contribution in [3.05, 3.63) is 17.6 Å². The molecule has 1 aromatic heterocycles. The Hall–Kier alpha value is -2.76. The lowest BCUT2D eigenvalue weighted by molar-refractivity contribution is -0.115. The third-order valence-electron chi connectivity index (χ3n) is 4.56. The first-order valence-electron chi connectivity index (χ1n) is 8.01. The number of carbonyl (C=O) groups excluding carboxylic acids is 1. The standard InChI is InChI=1S/C15H20N8O/c1-15(18-7-6-12(19-15)13(17)24)14-20-22-23(21-14)9-11-4-2-10(8-16)3-5-11/h6-7,10-11,19H,2-5,9H2,1H3,(H2,17,24). The summed E-state index contributed by atoms with van der Waals surface area (Å²) in [4.78, 5) is 17.2. The number of primary amides is 1. The number of nitriles is 1. The minimum Gasteiger partial charge on any atom is -0.364 e. The van der Waals surface area contributed by atoms with Gasteiger partial charge in [0.2, 0.25) is 5.82 Å². The number of carbonyl (C=O) groups is 1. The Morgan fingerprint density at radius 1 is 1.50 bits per heavy atom. The van der Waals surface area contributed by atoms with Gasteiger partial charge in [-0.2, -0.15) is 10.1 Å². The topological polar surface area (TPSA) is 135 Å². The molecule has 126 valence electrons. The van der Waals surface area contributed by atoms with Gasteiger partial charge in [-0.3, -0.25) is 9.79 Å². The second-order valence-electron chi connectivity index (χ2n) is 6.43. The average Bonchev–Trinajstić information content (AvgIpc) is 3.05. The third kappa shape index (κ3) is 3.27. The Morgan fingerprint density at radius 3 is 2.92 bits per heavy atom. The zero-order valence-electron chi connectivity index (χ0n) is 13.5. The fraction of sp³-hybridized carbons (Fsp3) is 0.600. The van der Waals surface area contributed by atoms with Crippen LogP contribution in [0.2, 0.25) is 0 Å². The summed E-state index contributed by atoms with van der Waals surface area (Å²) in [6, 6.07) is 2.34. The lowest BCUT2D eigenvalue weighted by Crippen LogP contribution is -2.44. The minimum absolute atomic E-state index is 0.180. The van der Waals surface area contributed by atoms with Crippen LogP contribution in [0.5, 0.6) is 0 Å². The molecule has 1 amide bonds. The number of rotatable bonds is 4. The van der Waals surface area contributed by atoms with Gasteiger partial charge in [-0.25, -0.2) is 0 Å². The monoisotopic (exact) mass is 328 g/mol.